The minimum absolute atomic E-state index is 0.0110. The van der Waals surface area contributed by atoms with E-state index >= 15 is 0 Å². The van der Waals surface area contributed by atoms with Crippen LogP contribution in [0.25, 0.3) is 0 Å². The van der Waals surface area contributed by atoms with Gasteiger partial charge < -0.3 is 10.6 Å². The van der Waals surface area contributed by atoms with E-state index in [4.69, 9.17) is 0 Å². The van der Waals surface area contributed by atoms with Gasteiger partial charge in [-0.05, 0) is 49.5 Å². The number of carbonyl (C=O) groups is 1. The maximum Gasteiger partial charge on any atom is 0.315 e. The van der Waals surface area contributed by atoms with E-state index in [-0.39, 0.29) is 12.1 Å². The molecule has 1 aliphatic rings. The van der Waals surface area contributed by atoms with Crippen LogP contribution in [0.4, 0.5) is 4.79 Å². The van der Waals surface area contributed by atoms with Gasteiger partial charge in [-0.3, -0.25) is 4.90 Å². The lowest BCUT2D eigenvalue weighted by Crippen LogP contribution is -2.36. The van der Waals surface area contributed by atoms with E-state index in [9.17, 15) is 4.79 Å². The highest BCUT2D eigenvalue weighted by Gasteiger charge is 2.11. The Morgan fingerprint density at radius 1 is 0.962 bits per heavy atom. The quantitative estimate of drug-likeness (QED) is 0.818. The van der Waals surface area contributed by atoms with Crippen molar-refractivity contribution < 1.29 is 4.79 Å². The first kappa shape index (κ1) is 18.5. The summed E-state index contributed by atoms with van der Waals surface area (Å²) in [6.45, 7) is 5.98. The molecular formula is C22H29N3O. The fraction of sp³-hybridized carbons (Fsp3) is 0.409. The van der Waals surface area contributed by atoms with Gasteiger partial charge in [-0.25, -0.2) is 4.79 Å². The molecule has 2 amide bonds. The number of likely N-dealkylation sites (tertiary alicyclic amines) is 1. The van der Waals surface area contributed by atoms with Crippen LogP contribution in [-0.4, -0.2) is 24.0 Å². The van der Waals surface area contributed by atoms with Crippen LogP contribution < -0.4 is 10.6 Å². The number of carbonyl (C=O) groups excluding carboxylic acids is 1. The molecular weight excluding hydrogens is 322 g/mol. The molecule has 0 unspecified atom stereocenters. The molecule has 2 aromatic rings. The van der Waals surface area contributed by atoms with Gasteiger partial charge in [0.1, 0.15) is 0 Å². The number of piperidine rings is 1. The fourth-order valence-corrected chi connectivity index (χ4v) is 3.39. The van der Waals surface area contributed by atoms with E-state index in [0.29, 0.717) is 6.54 Å². The minimum Gasteiger partial charge on any atom is -0.334 e. The smallest absolute Gasteiger partial charge is 0.315 e. The van der Waals surface area contributed by atoms with Crippen LogP contribution in [0.2, 0.25) is 0 Å². The highest BCUT2D eigenvalue weighted by Crippen LogP contribution is 2.14. The second-order valence-corrected chi connectivity index (χ2v) is 7.11. The van der Waals surface area contributed by atoms with Crippen molar-refractivity contribution in [3.05, 3.63) is 71.3 Å². The first-order valence-electron chi connectivity index (χ1n) is 9.60. The molecule has 0 aromatic heterocycles. The Hall–Kier alpha value is -2.33. The Kier molecular flexibility index (Phi) is 6.67. The van der Waals surface area contributed by atoms with Gasteiger partial charge in [0.05, 0.1) is 6.04 Å². The van der Waals surface area contributed by atoms with E-state index in [2.05, 4.69) is 39.8 Å². The van der Waals surface area contributed by atoms with E-state index < -0.39 is 0 Å². The molecule has 2 N–H and O–H groups in total. The molecule has 2 aromatic carbocycles. The topological polar surface area (TPSA) is 44.4 Å². The number of amides is 2. The summed E-state index contributed by atoms with van der Waals surface area (Å²) >= 11 is 0. The molecule has 1 aliphatic heterocycles. The molecule has 1 heterocycles. The fourth-order valence-electron chi connectivity index (χ4n) is 3.39. The molecule has 0 aliphatic carbocycles. The third-order valence-corrected chi connectivity index (χ3v) is 4.98. The van der Waals surface area contributed by atoms with Gasteiger partial charge in [0, 0.05) is 13.1 Å². The van der Waals surface area contributed by atoms with Crippen molar-refractivity contribution in [2.75, 3.05) is 13.1 Å². The van der Waals surface area contributed by atoms with Gasteiger partial charge in [-0.2, -0.15) is 0 Å². The SMILES string of the molecule is C[C@H](NC(=O)NCc1ccc(CN2CCCCC2)cc1)c1ccccc1. The average Bonchev–Trinajstić information content (AvgIpc) is 2.69. The van der Waals surface area contributed by atoms with Crippen LogP contribution >= 0.6 is 0 Å². The van der Waals surface area contributed by atoms with Crippen LogP contribution in [-0.2, 0) is 13.1 Å². The molecule has 0 saturated carbocycles. The molecule has 1 fully saturated rings. The molecule has 1 saturated heterocycles. The lowest BCUT2D eigenvalue weighted by molar-refractivity contribution is 0.221. The normalized spacial score (nSPS) is 16.0. The second kappa shape index (κ2) is 9.39. The van der Waals surface area contributed by atoms with Crippen molar-refractivity contribution in [3.8, 4) is 0 Å². The van der Waals surface area contributed by atoms with Gasteiger partial charge in [0.2, 0.25) is 0 Å². The highest BCUT2D eigenvalue weighted by atomic mass is 16.2. The highest BCUT2D eigenvalue weighted by molar-refractivity contribution is 5.74. The minimum atomic E-state index is -0.140. The predicted octanol–water partition coefficient (Wildman–Crippen LogP) is 4.23. The number of urea groups is 1. The summed E-state index contributed by atoms with van der Waals surface area (Å²) in [7, 11) is 0. The van der Waals surface area contributed by atoms with Crippen LogP contribution in [0.15, 0.2) is 54.6 Å². The maximum absolute atomic E-state index is 12.1. The summed E-state index contributed by atoms with van der Waals surface area (Å²) in [4.78, 5) is 14.6. The van der Waals surface area contributed by atoms with Gasteiger partial charge in [-0.1, -0.05) is 61.0 Å². The summed E-state index contributed by atoms with van der Waals surface area (Å²) < 4.78 is 0. The number of benzene rings is 2. The van der Waals surface area contributed by atoms with E-state index in [0.717, 1.165) is 17.7 Å². The second-order valence-electron chi connectivity index (χ2n) is 7.11. The van der Waals surface area contributed by atoms with Crippen LogP contribution in [0.3, 0.4) is 0 Å². The van der Waals surface area contributed by atoms with Crippen molar-refractivity contribution >= 4 is 6.03 Å². The molecule has 4 heteroatoms. The van der Waals surface area contributed by atoms with Gasteiger partial charge >= 0.3 is 6.03 Å². The van der Waals surface area contributed by atoms with E-state index in [1.54, 1.807) is 0 Å². The number of hydrogen-bond donors (Lipinski definition) is 2. The summed E-state index contributed by atoms with van der Waals surface area (Å²) in [5.41, 5.74) is 3.57. The molecule has 3 rings (SSSR count). The Morgan fingerprint density at radius 2 is 1.62 bits per heavy atom. The third kappa shape index (κ3) is 5.60. The number of hydrogen-bond acceptors (Lipinski definition) is 2. The summed E-state index contributed by atoms with van der Waals surface area (Å²) in [5.74, 6) is 0. The summed E-state index contributed by atoms with van der Waals surface area (Å²) in [6, 6.07) is 18.4. The molecule has 0 bridgehead atoms. The van der Waals surface area contributed by atoms with Crippen LogP contribution in [0.5, 0.6) is 0 Å². The zero-order valence-electron chi connectivity index (χ0n) is 15.6. The first-order chi connectivity index (χ1) is 12.7. The Balaban J connectivity index is 1.43. The van der Waals surface area contributed by atoms with Crippen molar-refractivity contribution in [2.45, 2.75) is 45.3 Å². The molecule has 1 atom stereocenters. The van der Waals surface area contributed by atoms with Gasteiger partial charge in [0.15, 0.2) is 0 Å². The predicted molar refractivity (Wildman–Crippen MR) is 106 cm³/mol. The number of nitrogens with zero attached hydrogens (tertiary/aromatic N) is 1. The monoisotopic (exact) mass is 351 g/mol. The van der Waals surface area contributed by atoms with Gasteiger partial charge in [0.25, 0.3) is 0 Å². The van der Waals surface area contributed by atoms with Crippen molar-refractivity contribution in [1.29, 1.82) is 0 Å². The zero-order valence-corrected chi connectivity index (χ0v) is 15.6. The van der Waals surface area contributed by atoms with Crippen LogP contribution in [0.1, 0.15) is 48.9 Å². The summed E-state index contributed by atoms with van der Waals surface area (Å²) in [5, 5.41) is 5.92. The van der Waals surface area contributed by atoms with Crippen molar-refractivity contribution in [2.24, 2.45) is 0 Å². The van der Waals surface area contributed by atoms with Gasteiger partial charge in [-0.15, -0.1) is 0 Å². The molecule has 26 heavy (non-hydrogen) atoms. The standard InChI is InChI=1S/C22H29N3O/c1-18(21-8-4-2-5-9-21)24-22(26)23-16-19-10-12-20(13-11-19)17-25-14-6-3-7-15-25/h2,4-5,8-13,18H,3,6-7,14-17H2,1H3,(H2,23,24,26)/t18-/m0/s1. The average molecular weight is 351 g/mol. The van der Waals surface area contributed by atoms with E-state index in [1.807, 2.05) is 37.3 Å². The largest absolute Gasteiger partial charge is 0.334 e. The Labute approximate surface area is 156 Å². The number of nitrogens with one attached hydrogen (secondary N) is 2. The lowest BCUT2D eigenvalue weighted by atomic mass is 10.1. The third-order valence-electron chi connectivity index (χ3n) is 4.98. The Morgan fingerprint density at radius 3 is 2.31 bits per heavy atom. The summed E-state index contributed by atoms with van der Waals surface area (Å²) in [6.07, 6.45) is 4.00. The molecule has 138 valence electrons. The van der Waals surface area contributed by atoms with E-state index in [1.165, 1.54) is 37.9 Å². The first-order valence-corrected chi connectivity index (χ1v) is 9.60. The zero-order chi connectivity index (χ0) is 18.2. The van der Waals surface area contributed by atoms with Crippen molar-refractivity contribution in [3.63, 3.8) is 0 Å². The molecule has 4 nitrogen and oxygen atoms in total. The van der Waals surface area contributed by atoms with Crippen molar-refractivity contribution in [1.82, 2.24) is 15.5 Å². The maximum atomic E-state index is 12.1. The Bertz CT molecular complexity index is 678. The molecule has 0 radical (unpaired) electrons. The number of rotatable bonds is 6. The lowest BCUT2D eigenvalue weighted by Gasteiger charge is -2.26. The van der Waals surface area contributed by atoms with Crippen LogP contribution in [0, 0.1) is 0 Å². The molecule has 0 spiro atoms.